The van der Waals surface area contributed by atoms with Crippen LogP contribution >= 0.6 is 0 Å². The Balaban J connectivity index is 1.40. The molecule has 0 spiro atoms. The van der Waals surface area contributed by atoms with E-state index in [2.05, 4.69) is 5.32 Å². The molecular weight excluding hydrogens is 414 g/mol. The van der Waals surface area contributed by atoms with Crippen molar-refractivity contribution < 1.29 is 22.7 Å². The van der Waals surface area contributed by atoms with Gasteiger partial charge in [0.05, 0.1) is 10.3 Å². The van der Waals surface area contributed by atoms with E-state index in [0.29, 0.717) is 17.2 Å². The lowest BCUT2D eigenvalue weighted by molar-refractivity contribution is -0.118. The molecular formula is C24H21NO5S. The van der Waals surface area contributed by atoms with E-state index in [1.165, 1.54) is 0 Å². The molecule has 0 bridgehead atoms. The van der Waals surface area contributed by atoms with Gasteiger partial charge >= 0.3 is 0 Å². The zero-order chi connectivity index (χ0) is 21.6. The van der Waals surface area contributed by atoms with Crippen molar-refractivity contribution in [3.8, 4) is 22.6 Å². The van der Waals surface area contributed by atoms with Crippen molar-refractivity contribution in [1.29, 1.82) is 0 Å². The minimum absolute atomic E-state index is 0.0418. The lowest BCUT2D eigenvalue weighted by Crippen LogP contribution is -2.27. The predicted molar refractivity (Wildman–Crippen MR) is 117 cm³/mol. The summed E-state index contributed by atoms with van der Waals surface area (Å²) in [5.74, 6) is 1.34. The highest BCUT2D eigenvalue weighted by atomic mass is 32.2. The Morgan fingerprint density at radius 1 is 0.935 bits per heavy atom. The van der Waals surface area contributed by atoms with Gasteiger partial charge in [-0.25, -0.2) is 8.42 Å². The van der Waals surface area contributed by atoms with Gasteiger partial charge < -0.3 is 14.8 Å². The number of carbonyl (C=O) groups excluding carboxylic acids is 1. The Bertz CT molecular complexity index is 1250. The summed E-state index contributed by atoms with van der Waals surface area (Å²) in [6, 6.07) is 18.2. The van der Waals surface area contributed by atoms with Gasteiger partial charge in [0.2, 0.25) is 12.7 Å². The van der Waals surface area contributed by atoms with E-state index in [9.17, 15) is 13.2 Å². The van der Waals surface area contributed by atoms with Crippen LogP contribution in [0, 0.1) is 6.92 Å². The fraction of sp³-hybridized carbons (Fsp3) is 0.208. The zero-order valence-corrected chi connectivity index (χ0v) is 17.8. The number of thiol groups is 1. The molecule has 31 heavy (non-hydrogen) atoms. The molecule has 3 aromatic rings. The average molecular weight is 436 g/mol. The minimum atomic E-state index is -2.61. The zero-order valence-electron chi connectivity index (χ0n) is 16.9. The first kappa shape index (κ1) is 19.6. The van der Waals surface area contributed by atoms with Crippen LogP contribution < -0.4 is 14.8 Å². The van der Waals surface area contributed by atoms with Gasteiger partial charge in [0.1, 0.15) is 0 Å². The van der Waals surface area contributed by atoms with Crippen molar-refractivity contribution in [2.75, 3.05) is 12.1 Å². The quantitative estimate of drug-likeness (QED) is 0.592. The summed E-state index contributed by atoms with van der Waals surface area (Å²) in [6.07, 6.45) is 1.57. The van der Waals surface area contributed by atoms with E-state index in [0.717, 1.165) is 35.1 Å². The third-order valence-electron chi connectivity index (χ3n) is 5.99. The fourth-order valence-electron chi connectivity index (χ4n) is 3.99. The first-order valence-corrected chi connectivity index (χ1v) is 11.2. The van der Waals surface area contributed by atoms with Crippen LogP contribution in [0.15, 0.2) is 65.6 Å². The molecule has 158 valence electrons. The normalized spacial score (nSPS) is 15.7. The SMILES string of the molecule is Cc1ccc(NC(=O)C2(c3ccc4c(c3)OCO4)CC2)cc1-c1ccc([SH](=O)=O)cc1. The van der Waals surface area contributed by atoms with Crippen LogP contribution in [0.2, 0.25) is 0 Å². The second-order valence-corrected chi connectivity index (χ2v) is 8.97. The molecule has 0 unspecified atom stereocenters. The Morgan fingerprint density at radius 2 is 1.68 bits per heavy atom. The molecule has 1 saturated carbocycles. The Kier molecular flexibility index (Phi) is 4.70. The van der Waals surface area contributed by atoms with Crippen LogP contribution in [0.3, 0.4) is 0 Å². The molecule has 2 aliphatic rings. The van der Waals surface area contributed by atoms with Gasteiger partial charge in [-0.1, -0.05) is 24.3 Å². The van der Waals surface area contributed by atoms with Crippen molar-refractivity contribution in [1.82, 2.24) is 0 Å². The molecule has 1 fully saturated rings. The summed E-state index contributed by atoms with van der Waals surface area (Å²) < 4.78 is 33.1. The van der Waals surface area contributed by atoms with Gasteiger partial charge in [-0.05, 0) is 78.4 Å². The van der Waals surface area contributed by atoms with E-state index in [-0.39, 0.29) is 17.6 Å². The molecule has 7 heteroatoms. The monoisotopic (exact) mass is 435 g/mol. The molecule has 1 amide bonds. The Morgan fingerprint density at radius 3 is 2.39 bits per heavy atom. The van der Waals surface area contributed by atoms with E-state index in [1.54, 1.807) is 24.3 Å². The van der Waals surface area contributed by atoms with Gasteiger partial charge in [-0.3, -0.25) is 4.79 Å². The number of rotatable bonds is 5. The summed E-state index contributed by atoms with van der Waals surface area (Å²) in [6.45, 7) is 2.19. The maximum atomic E-state index is 13.2. The molecule has 1 aliphatic heterocycles. The second-order valence-electron chi connectivity index (χ2n) is 7.94. The largest absolute Gasteiger partial charge is 0.454 e. The number of benzene rings is 3. The van der Waals surface area contributed by atoms with Crippen LogP contribution in [0.25, 0.3) is 11.1 Å². The predicted octanol–water partition coefficient (Wildman–Crippen LogP) is 4.03. The highest BCUT2D eigenvalue weighted by molar-refractivity contribution is 7.72. The van der Waals surface area contributed by atoms with E-state index in [4.69, 9.17) is 9.47 Å². The number of amides is 1. The van der Waals surface area contributed by atoms with Crippen LogP contribution in [0.1, 0.15) is 24.0 Å². The molecule has 0 radical (unpaired) electrons. The molecule has 0 saturated heterocycles. The molecule has 0 atom stereocenters. The van der Waals surface area contributed by atoms with Crippen LogP contribution in [0.4, 0.5) is 5.69 Å². The van der Waals surface area contributed by atoms with E-state index >= 15 is 0 Å². The number of nitrogens with one attached hydrogen (secondary N) is 1. The summed E-state index contributed by atoms with van der Waals surface area (Å²) in [5.41, 5.74) is 3.96. The number of hydrogen-bond acceptors (Lipinski definition) is 5. The lowest BCUT2D eigenvalue weighted by Gasteiger charge is -2.17. The standard InChI is InChI=1S/C24H21NO5S/c1-15-2-6-18(13-20(15)16-3-7-19(8-4-16)31(27)28)25-23(26)24(10-11-24)17-5-9-21-22(12-17)30-14-29-21/h2-9,12-13,31H,10-11,14H2,1H3,(H,25,26). The number of ether oxygens (including phenoxy) is 2. The second kappa shape index (κ2) is 7.42. The lowest BCUT2D eigenvalue weighted by atomic mass is 9.94. The molecule has 5 rings (SSSR count). The first-order valence-electron chi connectivity index (χ1n) is 10.0. The number of anilines is 1. The van der Waals surface area contributed by atoms with Crippen molar-refractivity contribution in [2.24, 2.45) is 0 Å². The summed E-state index contributed by atoms with van der Waals surface area (Å²) in [7, 11) is -2.61. The van der Waals surface area contributed by atoms with Crippen molar-refractivity contribution in [3.63, 3.8) is 0 Å². The summed E-state index contributed by atoms with van der Waals surface area (Å²) in [5, 5.41) is 3.07. The highest BCUT2D eigenvalue weighted by Gasteiger charge is 2.51. The van der Waals surface area contributed by atoms with Crippen molar-refractivity contribution in [3.05, 3.63) is 71.8 Å². The fourth-order valence-corrected chi connectivity index (χ4v) is 4.38. The van der Waals surface area contributed by atoms with E-state index < -0.39 is 16.1 Å². The van der Waals surface area contributed by atoms with Gasteiger partial charge in [-0.15, -0.1) is 0 Å². The maximum absolute atomic E-state index is 13.2. The van der Waals surface area contributed by atoms with Gasteiger partial charge in [-0.2, -0.15) is 0 Å². The minimum Gasteiger partial charge on any atom is -0.454 e. The Hall–Kier alpha value is -3.32. The van der Waals surface area contributed by atoms with Crippen molar-refractivity contribution >= 4 is 22.3 Å². The number of hydrogen-bond donors (Lipinski definition) is 2. The number of aryl methyl sites for hydroxylation is 1. The van der Waals surface area contributed by atoms with Crippen LogP contribution in [0.5, 0.6) is 11.5 Å². The van der Waals surface area contributed by atoms with Crippen LogP contribution in [-0.4, -0.2) is 21.1 Å². The summed E-state index contributed by atoms with van der Waals surface area (Å²) in [4.78, 5) is 13.5. The Labute approximate surface area is 181 Å². The molecule has 6 nitrogen and oxygen atoms in total. The average Bonchev–Trinajstić information content (AvgIpc) is 3.46. The third kappa shape index (κ3) is 3.55. The third-order valence-corrected chi connectivity index (χ3v) is 6.71. The molecule has 1 aliphatic carbocycles. The topological polar surface area (TPSA) is 81.7 Å². The smallest absolute Gasteiger partial charge is 0.235 e. The maximum Gasteiger partial charge on any atom is 0.235 e. The number of carbonyl (C=O) groups is 1. The van der Waals surface area contributed by atoms with Crippen LogP contribution in [-0.2, 0) is 20.9 Å². The first-order chi connectivity index (χ1) is 15.0. The highest BCUT2D eigenvalue weighted by Crippen LogP contribution is 2.51. The molecule has 0 aromatic heterocycles. The van der Waals surface area contributed by atoms with Gasteiger partial charge in [0.15, 0.2) is 22.2 Å². The van der Waals surface area contributed by atoms with Crippen molar-refractivity contribution in [2.45, 2.75) is 30.1 Å². The molecule has 3 aromatic carbocycles. The van der Waals surface area contributed by atoms with Gasteiger partial charge in [0, 0.05) is 5.69 Å². The molecule has 1 N–H and O–H groups in total. The van der Waals surface area contributed by atoms with E-state index in [1.807, 2.05) is 43.3 Å². The summed E-state index contributed by atoms with van der Waals surface area (Å²) >= 11 is 0. The molecule has 1 heterocycles. The van der Waals surface area contributed by atoms with Gasteiger partial charge in [0.25, 0.3) is 0 Å². The number of fused-ring (bicyclic) bond motifs is 1.